The molecule has 0 fully saturated rings. The van der Waals surface area contributed by atoms with Crippen LogP contribution >= 0.6 is 0 Å². The van der Waals surface area contributed by atoms with Crippen LogP contribution in [-0.4, -0.2) is 63.8 Å². The van der Waals surface area contributed by atoms with Gasteiger partial charge in [-0.15, -0.1) is 0 Å². The van der Waals surface area contributed by atoms with Gasteiger partial charge in [-0.05, 0) is 49.2 Å². The first-order valence-corrected chi connectivity index (χ1v) is 11.6. The van der Waals surface area contributed by atoms with E-state index in [0.717, 1.165) is 11.1 Å². The number of nitrogens with zero attached hydrogens (tertiary/aromatic N) is 1. The summed E-state index contributed by atoms with van der Waals surface area (Å²) in [5.41, 5.74) is 8.69. The van der Waals surface area contributed by atoms with Crippen LogP contribution in [0.3, 0.4) is 0 Å². The van der Waals surface area contributed by atoms with E-state index < -0.39 is 50.6 Å². The van der Waals surface area contributed by atoms with E-state index >= 15 is 0 Å². The number of nitrogen functional groups attached to an aromatic ring is 1. The Morgan fingerprint density at radius 1 is 0.711 bits per heavy atom. The molecule has 0 aromatic heterocycles. The van der Waals surface area contributed by atoms with E-state index in [0.29, 0.717) is 22.9 Å². The van der Waals surface area contributed by atoms with Crippen molar-refractivity contribution in [3.05, 3.63) is 47.5 Å². The summed E-state index contributed by atoms with van der Waals surface area (Å²) in [5, 5.41) is 0. The van der Waals surface area contributed by atoms with Crippen molar-refractivity contribution in [2.45, 2.75) is 27.7 Å². The Morgan fingerprint density at radius 2 is 1.18 bits per heavy atom. The molecule has 2 aromatic carbocycles. The second-order valence-corrected chi connectivity index (χ2v) is 8.11. The molecule has 0 spiro atoms. The first-order valence-electron chi connectivity index (χ1n) is 11.6. The Hall–Kier alpha value is -4.48. The van der Waals surface area contributed by atoms with Crippen molar-refractivity contribution in [2.24, 2.45) is 0 Å². The van der Waals surface area contributed by atoms with E-state index in [2.05, 4.69) is 9.47 Å². The number of hydrogen-bond acceptors (Lipinski definition) is 12. The molecule has 2 N–H and O–H groups in total. The Morgan fingerprint density at radius 3 is 1.71 bits per heavy atom. The molecular weight excluding hydrogens is 500 g/mol. The first-order chi connectivity index (χ1) is 18.0. The number of aryl methyl sites for hydroxylation is 2. The van der Waals surface area contributed by atoms with Crippen LogP contribution in [0.2, 0.25) is 0 Å². The van der Waals surface area contributed by atoms with Crippen LogP contribution in [0.25, 0.3) is 0 Å². The van der Waals surface area contributed by atoms with Gasteiger partial charge in [-0.25, -0.2) is 0 Å². The molecule has 0 bridgehead atoms. The van der Waals surface area contributed by atoms with E-state index in [4.69, 9.17) is 24.7 Å². The van der Waals surface area contributed by atoms with Gasteiger partial charge in [0.2, 0.25) is 13.6 Å². The molecule has 12 nitrogen and oxygen atoms in total. The SMILES string of the molecule is CC(=O)OCOC(=O)CN(CC(=O)OCOC(C)=O)c1ccc(C)cc1OCCOc1cc(C)ccc1N. The molecular formula is C26H32N2O10. The van der Waals surface area contributed by atoms with Crippen LogP contribution in [0, 0.1) is 13.8 Å². The fraction of sp³-hybridized carbons (Fsp3) is 0.385. The minimum atomic E-state index is -0.774. The highest BCUT2D eigenvalue weighted by Crippen LogP contribution is 2.30. The Labute approximate surface area is 220 Å². The summed E-state index contributed by atoms with van der Waals surface area (Å²) in [6, 6.07) is 10.6. The first kappa shape index (κ1) is 29.7. The van der Waals surface area contributed by atoms with Gasteiger partial charge in [-0.2, -0.15) is 0 Å². The van der Waals surface area contributed by atoms with Crippen molar-refractivity contribution >= 4 is 35.3 Å². The lowest BCUT2D eigenvalue weighted by Gasteiger charge is -2.25. The fourth-order valence-corrected chi connectivity index (χ4v) is 3.05. The predicted molar refractivity (Wildman–Crippen MR) is 135 cm³/mol. The number of nitrogens with two attached hydrogens (primary N) is 1. The molecule has 206 valence electrons. The average Bonchev–Trinajstić information content (AvgIpc) is 2.83. The Kier molecular flexibility index (Phi) is 11.7. The smallest absolute Gasteiger partial charge is 0.328 e. The van der Waals surface area contributed by atoms with Crippen molar-refractivity contribution in [2.75, 3.05) is 50.5 Å². The van der Waals surface area contributed by atoms with Gasteiger partial charge in [0.25, 0.3) is 0 Å². The maximum absolute atomic E-state index is 12.4. The summed E-state index contributed by atoms with van der Waals surface area (Å²) in [6.07, 6.45) is 0. The summed E-state index contributed by atoms with van der Waals surface area (Å²) in [7, 11) is 0. The third-order valence-electron chi connectivity index (χ3n) is 4.83. The molecule has 0 saturated heterocycles. The maximum Gasteiger partial charge on any atom is 0.328 e. The Bertz CT molecular complexity index is 1100. The summed E-state index contributed by atoms with van der Waals surface area (Å²) < 4.78 is 30.7. The van der Waals surface area contributed by atoms with Gasteiger partial charge in [0.1, 0.15) is 37.8 Å². The number of esters is 4. The molecule has 38 heavy (non-hydrogen) atoms. The predicted octanol–water partition coefficient (Wildman–Crippen LogP) is 2.28. The summed E-state index contributed by atoms with van der Waals surface area (Å²) >= 11 is 0. The minimum absolute atomic E-state index is 0.130. The van der Waals surface area contributed by atoms with Gasteiger partial charge in [-0.1, -0.05) is 12.1 Å². The highest BCUT2D eigenvalue weighted by Gasteiger charge is 2.21. The number of ether oxygens (including phenoxy) is 6. The van der Waals surface area contributed by atoms with Crippen LogP contribution in [0.4, 0.5) is 11.4 Å². The molecule has 0 heterocycles. The molecule has 0 aliphatic heterocycles. The van der Waals surface area contributed by atoms with E-state index in [1.165, 1.54) is 18.7 Å². The topological polar surface area (TPSA) is 153 Å². The molecule has 0 radical (unpaired) electrons. The average molecular weight is 533 g/mol. The molecule has 0 atom stereocenters. The summed E-state index contributed by atoms with van der Waals surface area (Å²) in [5.74, 6) is -1.88. The van der Waals surface area contributed by atoms with E-state index in [1.807, 2.05) is 26.0 Å². The highest BCUT2D eigenvalue weighted by atomic mass is 16.7. The van der Waals surface area contributed by atoms with E-state index in [1.54, 1.807) is 24.3 Å². The second-order valence-electron chi connectivity index (χ2n) is 8.11. The van der Waals surface area contributed by atoms with Crippen LogP contribution < -0.4 is 20.1 Å². The molecule has 0 saturated carbocycles. The fourth-order valence-electron chi connectivity index (χ4n) is 3.05. The van der Waals surface area contributed by atoms with Crippen LogP contribution in [0.5, 0.6) is 11.5 Å². The third-order valence-corrected chi connectivity index (χ3v) is 4.83. The monoisotopic (exact) mass is 532 g/mol. The molecule has 0 amide bonds. The molecule has 2 aromatic rings. The van der Waals surface area contributed by atoms with Gasteiger partial charge in [0, 0.05) is 13.8 Å². The van der Waals surface area contributed by atoms with Crippen LogP contribution in [-0.2, 0) is 38.1 Å². The molecule has 0 aliphatic carbocycles. The van der Waals surface area contributed by atoms with Crippen molar-refractivity contribution in [1.29, 1.82) is 0 Å². The van der Waals surface area contributed by atoms with Gasteiger partial charge >= 0.3 is 23.9 Å². The summed E-state index contributed by atoms with van der Waals surface area (Å²) in [6.45, 7) is 4.47. The number of carbonyl (C=O) groups is 4. The van der Waals surface area contributed by atoms with Gasteiger partial charge in [0.15, 0.2) is 0 Å². The number of carbonyl (C=O) groups excluding carboxylic acids is 4. The standard InChI is InChI=1S/C26H32N2O10/c1-17-5-7-21(27)23(11-17)33-9-10-34-24-12-18(2)6-8-22(24)28(13-25(31)37-15-35-19(3)29)14-26(32)38-16-36-20(4)30/h5-8,11-12H,9-10,13-16,27H2,1-4H3. The van der Waals surface area contributed by atoms with Crippen molar-refractivity contribution in [1.82, 2.24) is 0 Å². The van der Waals surface area contributed by atoms with Crippen molar-refractivity contribution in [3.63, 3.8) is 0 Å². The van der Waals surface area contributed by atoms with E-state index in [9.17, 15) is 19.2 Å². The maximum atomic E-state index is 12.4. The van der Waals surface area contributed by atoms with Gasteiger partial charge in [-0.3, -0.25) is 19.2 Å². The molecule has 12 heteroatoms. The van der Waals surface area contributed by atoms with E-state index in [-0.39, 0.29) is 13.2 Å². The van der Waals surface area contributed by atoms with Crippen LogP contribution in [0.1, 0.15) is 25.0 Å². The zero-order valence-electron chi connectivity index (χ0n) is 21.8. The largest absolute Gasteiger partial charge is 0.488 e. The molecule has 0 unspecified atom stereocenters. The second kappa shape index (κ2) is 14.9. The zero-order valence-corrected chi connectivity index (χ0v) is 21.8. The summed E-state index contributed by atoms with van der Waals surface area (Å²) in [4.78, 5) is 48.0. The zero-order chi connectivity index (χ0) is 28.1. The Balaban J connectivity index is 2.14. The lowest BCUT2D eigenvalue weighted by molar-refractivity contribution is -0.165. The van der Waals surface area contributed by atoms with Crippen LogP contribution in [0.15, 0.2) is 36.4 Å². The molecule has 0 aliphatic rings. The normalized spacial score (nSPS) is 10.2. The highest BCUT2D eigenvalue weighted by molar-refractivity contribution is 5.83. The molecule has 2 rings (SSSR count). The third kappa shape index (κ3) is 10.6. The quantitative estimate of drug-likeness (QED) is 0.164. The van der Waals surface area contributed by atoms with Gasteiger partial charge in [0.05, 0.1) is 11.4 Å². The van der Waals surface area contributed by atoms with Crippen molar-refractivity contribution < 1.29 is 47.6 Å². The van der Waals surface area contributed by atoms with Crippen molar-refractivity contribution in [3.8, 4) is 11.5 Å². The number of hydrogen-bond donors (Lipinski definition) is 1. The number of anilines is 2. The minimum Gasteiger partial charge on any atom is -0.488 e. The number of benzene rings is 2. The lowest BCUT2D eigenvalue weighted by Crippen LogP contribution is -2.37. The number of rotatable bonds is 14. The van der Waals surface area contributed by atoms with Gasteiger partial charge < -0.3 is 39.1 Å². The lowest BCUT2D eigenvalue weighted by atomic mass is 10.2.